The third kappa shape index (κ3) is 5.08. The topological polar surface area (TPSA) is 66.4 Å². The lowest BCUT2D eigenvalue weighted by molar-refractivity contribution is -0.136. The van der Waals surface area contributed by atoms with Crippen molar-refractivity contribution in [1.29, 1.82) is 0 Å². The van der Waals surface area contributed by atoms with Gasteiger partial charge in [-0.2, -0.15) is 0 Å². The van der Waals surface area contributed by atoms with Crippen LogP contribution in [0.5, 0.6) is 0 Å². The summed E-state index contributed by atoms with van der Waals surface area (Å²) in [5.74, 6) is -1.49. The summed E-state index contributed by atoms with van der Waals surface area (Å²) in [7, 11) is 0. The molecule has 0 saturated heterocycles. The van der Waals surface area contributed by atoms with Crippen LogP contribution < -0.4 is 5.32 Å². The molecule has 0 aromatic heterocycles. The predicted octanol–water partition coefficient (Wildman–Crippen LogP) is 4.10. The number of rotatable bonds is 7. The summed E-state index contributed by atoms with van der Waals surface area (Å²) in [6, 6.07) is 13.2. The monoisotopic (exact) mass is 375 g/mol. The number of amides is 1. The second-order valence-electron chi connectivity index (χ2n) is 6.67. The highest BCUT2D eigenvalue weighted by molar-refractivity contribution is 8.00. The lowest BCUT2D eigenvalue weighted by atomic mass is 9.84. The molecular weight excluding hydrogens is 353 g/mol. The van der Waals surface area contributed by atoms with Crippen LogP contribution >= 0.6 is 11.8 Å². The van der Waals surface area contributed by atoms with Crippen LogP contribution in [-0.4, -0.2) is 28.8 Å². The number of carbonyl (C=O) groups is 2. The predicted molar refractivity (Wildman–Crippen MR) is 101 cm³/mol. The highest BCUT2D eigenvalue weighted by Crippen LogP contribution is 2.27. The Hall–Kier alpha value is -2.34. The minimum absolute atomic E-state index is 0.263. The van der Waals surface area contributed by atoms with E-state index in [1.54, 1.807) is 43.3 Å². The van der Waals surface area contributed by atoms with Crippen LogP contribution in [0.15, 0.2) is 53.4 Å². The first-order chi connectivity index (χ1) is 12.2. The molecule has 0 heterocycles. The quantitative estimate of drug-likeness (QED) is 0.715. The van der Waals surface area contributed by atoms with Gasteiger partial charge in [-0.1, -0.05) is 38.1 Å². The van der Waals surface area contributed by atoms with E-state index >= 15 is 0 Å². The van der Waals surface area contributed by atoms with Gasteiger partial charge in [-0.25, -0.2) is 4.39 Å². The van der Waals surface area contributed by atoms with Gasteiger partial charge in [0.1, 0.15) is 11.1 Å². The molecule has 2 rings (SSSR count). The minimum atomic E-state index is -0.928. The standard InChI is InChI=1S/C20H22FNO3S/c1-13(19(24)25)26-17-7-5-4-6-16(17)18(23)22-12-20(2,3)14-8-10-15(21)11-9-14/h4-11,13H,12H2,1-3H3,(H,22,23)(H,24,25). The number of carboxylic acid groups (broad SMARTS) is 1. The molecule has 0 bridgehead atoms. The number of aliphatic carboxylic acids is 1. The Labute approximate surface area is 156 Å². The molecule has 1 atom stereocenters. The summed E-state index contributed by atoms with van der Waals surface area (Å²) >= 11 is 1.14. The van der Waals surface area contributed by atoms with Crippen LogP contribution in [0, 0.1) is 5.82 Å². The third-order valence-electron chi connectivity index (χ3n) is 4.10. The maximum atomic E-state index is 13.1. The number of benzene rings is 2. The fraction of sp³-hybridized carbons (Fsp3) is 0.300. The molecule has 26 heavy (non-hydrogen) atoms. The Bertz CT molecular complexity index is 790. The maximum absolute atomic E-state index is 13.1. The molecule has 0 aliphatic carbocycles. The fourth-order valence-corrected chi connectivity index (χ4v) is 3.32. The number of hydrogen-bond donors (Lipinski definition) is 2. The Morgan fingerprint density at radius 1 is 1.15 bits per heavy atom. The van der Waals surface area contributed by atoms with Crippen LogP contribution in [0.3, 0.4) is 0 Å². The number of hydrogen-bond acceptors (Lipinski definition) is 3. The van der Waals surface area contributed by atoms with E-state index in [9.17, 15) is 14.0 Å². The molecule has 0 saturated carbocycles. The molecular formula is C20H22FNO3S. The second-order valence-corrected chi connectivity index (χ2v) is 8.05. The Morgan fingerprint density at radius 2 is 1.77 bits per heavy atom. The van der Waals surface area contributed by atoms with Crippen molar-refractivity contribution in [2.75, 3.05) is 6.54 Å². The molecule has 0 aliphatic heterocycles. The second kappa shape index (κ2) is 8.36. The van der Waals surface area contributed by atoms with Crippen molar-refractivity contribution in [3.05, 3.63) is 65.5 Å². The molecule has 4 nitrogen and oxygen atoms in total. The molecule has 0 radical (unpaired) electrons. The van der Waals surface area contributed by atoms with Gasteiger partial charge in [0, 0.05) is 16.9 Å². The average molecular weight is 375 g/mol. The van der Waals surface area contributed by atoms with Crippen LogP contribution in [0.1, 0.15) is 36.7 Å². The van der Waals surface area contributed by atoms with Gasteiger partial charge in [0.2, 0.25) is 0 Å². The zero-order valence-corrected chi connectivity index (χ0v) is 15.8. The SMILES string of the molecule is CC(Sc1ccccc1C(=O)NCC(C)(C)c1ccc(F)cc1)C(=O)O. The van der Waals surface area contributed by atoms with E-state index in [4.69, 9.17) is 5.11 Å². The number of thioether (sulfide) groups is 1. The largest absolute Gasteiger partial charge is 0.480 e. The van der Waals surface area contributed by atoms with Gasteiger partial charge in [0.25, 0.3) is 5.91 Å². The third-order valence-corrected chi connectivity index (χ3v) is 5.26. The lowest BCUT2D eigenvalue weighted by Gasteiger charge is -2.26. The van der Waals surface area contributed by atoms with Crippen LogP contribution in [-0.2, 0) is 10.2 Å². The van der Waals surface area contributed by atoms with Gasteiger partial charge in [0.15, 0.2) is 0 Å². The van der Waals surface area contributed by atoms with Gasteiger partial charge in [-0.15, -0.1) is 11.8 Å². The first-order valence-corrected chi connectivity index (χ1v) is 9.11. The molecule has 138 valence electrons. The maximum Gasteiger partial charge on any atom is 0.316 e. The summed E-state index contributed by atoms with van der Waals surface area (Å²) in [6.45, 7) is 5.88. The highest BCUT2D eigenvalue weighted by atomic mass is 32.2. The number of carbonyl (C=O) groups excluding carboxylic acids is 1. The van der Waals surface area contributed by atoms with E-state index in [-0.39, 0.29) is 17.1 Å². The summed E-state index contributed by atoms with van der Waals surface area (Å²) in [6.07, 6.45) is 0. The normalized spacial score (nSPS) is 12.5. The molecule has 1 amide bonds. The number of nitrogens with one attached hydrogen (secondary N) is 1. The summed E-state index contributed by atoms with van der Waals surface area (Å²) in [4.78, 5) is 24.3. The average Bonchev–Trinajstić information content (AvgIpc) is 2.60. The zero-order chi connectivity index (χ0) is 19.3. The van der Waals surface area contributed by atoms with Gasteiger partial charge >= 0.3 is 5.97 Å². The molecule has 2 aromatic carbocycles. The van der Waals surface area contributed by atoms with Gasteiger partial charge in [0.05, 0.1) is 5.56 Å². The fourth-order valence-electron chi connectivity index (χ4n) is 2.40. The van der Waals surface area contributed by atoms with E-state index in [2.05, 4.69) is 5.32 Å². The van der Waals surface area contributed by atoms with Crippen molar-refractivity contribution in [1.82, 2.24) is 5.32 Å². The van der Waals surface area contributed by atoms with Crippen LogP contribution in [0.4, 0.5) is 4.39 Å². The minimum Gasteiger partial charge on any atom is -0.480 e. The smallest absolute Gasteiger partial charge is 0.316 e. The Balaban J connectivity index is 2.10. The van der Waals surface area contributed by atoms with Crippen molar-refractivity contribution >= 4 is 23.6 Å². The molecule has 2 N–H and O–H groups in total. The van der Waals surface area contributed by atoms with Crippen molar-refractivity contribution in [3.8, 4) is 0 Å². The summed E-state index contributed by atoms with van der Waals surface area (Å²) in [5, 5.41) is 11.3. The zero-order valence-electron chi connectivity index (χ0n) is 15.0. The van der Waals surface area contributed by atoms with Crippen LogP contribution in [0.25, 0.3) is 0 Å². The number of halogens is 1. The van der Waals surface area contributed by atoms with Crippen molar-refractivity contribution in [2.45, 2.75) is 36.3 Å². The molecule has 2 aromatic rings. The van der Waals surface area contributed by atoms with Crippen molar-refractivity contribution in [2.24, 2.45) is 0 Å². The summed E-state index contributed by atoms with van der Waals surface area (Å²) < 4.78 is 13.1. The van der Waals surface area contributed by atoms with Gasteiger partial charge in [-0.3, -0.25) is 9.59 Å². The van der Waals surface area contributed by atoms with E-state index in [1.807, 2.05) is 13.8 Å². The Morgan fingerprint density at radius 3 is 2.38 bits per heavy atom. The van der Waals surface area contributed by atoms with Gasteiger partial charge < -0.3 is 10.4 Å². The van der Waals surface area contributed by atoms with E-state index in [1.165, 1.54) is 12.1 Å². The van der Waals surface area contributed by atoms with Gasteiger partial charge in [-0.05, 0) is 36.8 Å². The molecule has 0 aliphatic rings. The van der Waals surface area contributed by atoms with Crippen LogP contribution in [0.2, 0.25) is 0 Å². The molecule has 6 heteroatoms. The van der Waals surface area contributed by atoms with Crippen molar-refractivity contribution < 1.29 is 19.1 Å². The van der Waals surface area contributed by atoms with E-state index < -0.39 is 11.2 Å². The summed E-state index contributed by atoms with van der Waals surface area (Å²) in [5.41, 5.74) is 0.988. The van der Waals surface area contributed by atoms with E-state index in [0.717, 1.165) is 17.3 Å². The molecule has 1 unspecified atom stereocenters. The lowest BCUT2D eigenvalue weighted by Crippen LogP contribution is -2.36. The van der Waals surface area contributed by atoms with E-state index in [0.29, 0.717) is 17.0 Å². The highest BCUT2D eigenvalue weighted by Gasteiger charge is 2.23. The first-order valence-electron chi connectivity index (χ1n) is 8.23. The molecule has 0 spiro atoms. The molecule has 0 fully saturated rings. The Kier molecular flexibility index (Phi) is 6.42. The first kappa shape index (κ1) is 20.0. The number of carboxylic acids is 1. The van der Waals surface area contributed by atoms with Crippen molar-refractivity contribution in [3.63, 3.8) is 0 Å².